The third-order valence-electron chi connectivity index (χ3n) is 7.69. The number of pyridine rings is 1. The molecule has 10 heteroatoms. The minimum absolute atomic E-state index is 0.00610. The molecule has 206 valence electrons. The van der Waals surface area contributed by atoms with E-state index in [1.54, 1.807) is 29.0 Å². The number of aromatic nitrogens is 2. The molecular weight excluding hydrogens is 501 g/mol. The van der Waals surface area contributed by atoms with Crippen molar-refractivity contribution < 1.29 is 23.5 Å². The predicted molar refractivity (Wildman–Crippen MR) is 144 cm³/mol. The largest absolute Gasteiger partial charge is 0.450 e. The molecule has 0 atom stereocenters. The van der Waals surface area contributed by atoms with E-state index in [9.17, 15) is 18.8 Å². The highest BCUT2D eigenvalue weighted by molar-refractivity contribution is 5.95. The van der Waals surface area contributed by atoms with Crippen molar-refractivity contribution >= 4 is 28.8 Å². The van der Waals surface area contributed by atoms with Crippen molar-refractivity contribution in [2.45, 2.75) is 39.0 Å². The van der Waals surface area contributed by atoms with Crippen LogP contribution in [-0.2, 0) is 16.0 Å². The average molecular weight is 536 g/mol. The lowest BCUT2D eigenvalue weighted by molar-refractivity contribution is -0.131. The highest BCUT2D eigenvalue weighted by atomic mass is 19.1. The fourth-order valence-electron chi connectivity index (χ4n) is 5.52. The first-order chi connectivity index (χ1) is 18.8. The van der Waals surface area contributed by atoms with Crippen LogP contribution >= 0.6 is 0 Å². The van der Waals surface area contributed by atoms with Gasteiger partial charge < -0.3 is 24.4 Å². The van der Waals surface area contributed by atoms with Crippen LogP contribution in [0.25, 0.3) is 10.9 Å². The van der Waals surface area contributed by atoms with E-state index < -0.39 is 0 Å². The van der Waals surface area contributed by atoms with Crippen LogP contribution in [0.4, 0.5) is 9.18 Å². The predicted octanol–water partition coefficient (Wildman–Crippen LogP) is 3.87. The molecule has 2 fully saturated rings. The number of aryl methyl sites for hydroxylation is 1. The van der Waals surface area contributed by atoms with E-state index in [1.807, 2.05) is 24.0 Å². The molecule has 0 spiro atoms. The van der Waals surface area contributed by atoms with E-state index in [2.05, 4.69) is 4.98 Å². The molecule has 1 aromatic carbocycles. The number of carbonyl (C=O) groups is 3. The Bertz CT molecular complexity index is 1370. The van der Waals surface area contributed by atoms with E-state index in [4.69, 9.17) is 9.72 Å². The van der Waals surface area contributed by atoms with E-state index in [-0.39, 0.29) is 36.1 Å². The summed E-state index contributed by atoms with van der Waals surface area (Å²) in [6, 6.07) is 8.24. The number of likely N-dealkylation sites (tertiary alicyclic amines) is 1. The molecule has 39 heavy (non-hydrogen) atoms. The van der Waals surface area contributed by atoms with Gasteiger partial charge in [-0.2, -0.15) is 0 Å². The summed E-state index contributed by atoms with van der Waals surface area (Å²) in [6.07, 6.45) is 3.05. The van der Waals surface area contributed by atoms with Crippen molar-refractivity contribution in [3.05, 3.63) is 64.9 Å². The maximum atomic E-state index is 13.7. The van der Waals surface area contributed by atoms with Gasteiger partial charge in [0.15, 0.2) is 0 Å². The number of piperidine rings is 1. The van der Waals surface area contributed by atoms with Crippen LogP contribution in [0, 0.1) is 12.7 Å². The molecule has 3 amide bonds. The minimum atomic E-state index is -0.347. The Balaban J connectivity index is 1.22. The highest BCUT2D eigenvalue weighted by Gasteiger charge is 2.31. The Kier molecular flexibility index (Phi) is 7.81. The van der Waals surface area contributed by atoms with Gasteiger partial charge in [0.1, 0.15) is 5.82 Å². The molecular formula is C29H34FN5O4. The molecule has 0 bridgehead atoms. The van der Waals surface area contributed by atoms with Crippen LogP contribution in [0.5, 0.6) is 0 Å². The summed E-state index contributed by atoms with van der Waals surface area (Å²) in [5.74, 6) is -0.331. The summed E-state index contributed by atoms with van der Waals surface area (Å²) >= 11 is 0. The van der Waals surface area contributed by atoms with E-state index in [1.165, 1.54) is 12.1 Å². The van der Waals surface area contributed by atoms with Gasteiger partial charge in [0.2, 0.25) is 5.91 Å². The quantitative estimate of drug-likeness (QED) is 0.535. The molecule has 0 radical (unpaired) electrons. The molecule has 5 rings (SSSR count). The van der Waals surface area contributed by atoms with Crippen molar-refractivity contribution in [3.8, 4) is 0 Å². The summed E-state index contributed by atoms with van der Waals surface area (Å²) in [4.78, 5) is 51.8. The van der Waals surface area contributed by atoms with Crippen LogP contribution in [0.15, 0.2) is 36.5 Å². The zero-order valence-corrected chi connectivity index (χ0v) is 22.4. The topological polar surface area (TPSA) is 98.8 Å². The lowest BCUT2D eigenvalue weighted by Crippen LogP contribution is -2.51. The SMILES string of the molecule is CCOC(=O)N1CCN(C(=O)c2ccc(C)nc2C2CCN(C(=O)Cc3c[nH]c4ccc(F)cc34)CC2)CC1. The number of fused-ring (bicyclic) bond motifs is 1. The standard InChI is InChI=1S/C29H34FN5O4/c1-3-39-29(38)35-14-12-34(13-15-35)28(37)23-6-4-19(2)32-27(23)20-8-10-33(11-9-20)26(36)16-21-18-31-25-7-5-22(30)17-24(21)25/h4-7,17-18,20,31H,3,8-16H2,1-2H3. The third-order valence-corrected chi connectivity index (χ3v) is 7.69. The molecule has 2 aromatic heterocycles. The molecule has 4 heterocycles. The average Bonchev–Trinajstić information content (AvgIpc) is 3.34. The Hall–Kier alpha value is -3.95. The monoisotopic (exact) mass is 535 g/mol. The number of aromatic amines is 1. The maximum Gasteiger partial charge on any atom is 0.409 e. The van der Waals surface area contributed by atoms with Crippen molar-refractivity contribution in [1.82, 2.24) is 24.7 Å². The summed E-state index contributed by atoms with van der Waals surface area (Å²) in [5, 5.41) is 0.730. The molecule has 2 aliphatic heterocycles. The first-order valence-corrected chi connectivity index (χ1v) is 13.6. The Morgan fingerprint density at radius 1 is 1.00 bits per heavy atom. The molecule has 2 aliphatic rings. The summed E-state index contributed by atoms with van der Waals surface area (Å²) < 4.78 is 18.8. The van der Waals surface area contributed by atoms with Gasteiger partial charge in [-0.3, -0.25) is 14.6 Å². The number of amides is 3. The van der Waals surface area contributed by atoms with Gasteiger partial charge in [0.25, 0.3) is 5.91 Å². The molecule has 0 unspecified atom stereocenters. The second-order valence-electron chi connectivity index (χ2n) is 10.2. The van der Waals surface area contributed by atoms with Gasteiger partial charge in [-0.15, -0.1) is 0 Å². The number of nitrogens with one attached hydrogen (secondary N) is 1. The van der Waals surface area contributed by atoms with E-state index in [0.717, 1.165) is 27.9 Å². The third kappa shape index (κ3) is 5.74. The Labute approximate surface area is 226 Å². The first kappa shape index (κ1) is 26.6. The summed E-state index contributed by atoms with van der Waals surface area (Å²) in [6.45, 7) is 6.90. The summed E-state index contributed by atoms with van der Waals surface area (Å²) in [7, 11) is 0. The lowest BCUT2D eigenvalue weighted by Gasteiger charge is -2.35. The number of benzene rings is 1. The van der Waals surface area contributed by atoms with Gasteiger partial charge in [0.05, 0.1) is 24.3 Å². The van der Waals surface area contributed by atoms with E-state index in [0.29, 0.717) is 64.3 Å². The number of carbonyl (C=O) groups excluding carboxylic acids is 3. The van der Waals surface area contributed by atoms with Gasteiger partial charge in [-0.1, -0.05) is 0 Å². The fourth-order valence-corrected chi connectivity index (χ4v) is 5.52. The van der Waals surface area contributed by atoms with Crippen LogP contribution < -0.4 is 0 Å². The number of nitrogens with zero attached hydrogens (tertiary/aromatic N) is 4. The Morgan fingerprint density at radius 3 is 2.44 bits per heavy atom. The van der Waals surface area contributed by atoms with Crippen LogP contribution in [0.1, 0.15) is 53.0 Å². The number of H-pyrrole nitrogens is 1. The molecule has 1 N–H and O–H groups in total. The fraction of sp³-hybridized carbons (Fsp3) is 0.448. The van der Waals surface area contributed by atoms with Gasteiger partial charge in [-0.25, -0.2) is 9.18 Å². The van der Waals surface area contributed by atoms with Gasteiger partial charge in [-0.05, 0) is 62.6 Å². The zero-order valence-electron chi connectivity index (χ0n) is 22.4. The number of rotatable bonds is 5. The molecule has 3 aromatic rings. The number of halogens is 1. The molecule has 0 aliphatic carbocycles. The lowest BCUT2D eigenvalue weighted by atomic mass is 9.89. The van der Waals surface area contributed by atoms with Gasteiger partial charge in [0, 0.05) is 68.0 Å². The second kappa shape index (κ2) is 11.4. The second-order valence-corrected chi connectivity index (χ2v) is 10.2. The normalized spacial score (nSPS) is 16.5. The smallest absolute Gasteiger partial charge is 0.409 e. The summed E-state index contributed by atoms with van der Waals surface area (Å²) in [5.41, 5.74) is 3.82. The van der Waals surface area contributed by atoms with Crippen LogP contribution in [0.2, 0.25) is 0 Å². The van der Waals surface area contributed by atoms with Crippen LogP contribution in [-0.4, -0.2) is 88.5 Å². The molecule has 9 nitrogen and oxygen atoms in total. The van der Waals surface area contributed by atoms with Crippen molar-refractivity contribution in [3.63, 3.8) is 0 Å². The van der Waals surface area contributed by atoms with Gasteiger partial charge >= 0.3 is 6.09 Å². The maximum absolute atomic E-state index is 13.7. The molecule has 0 saturated carbocycles. The number of ether oxygens (including phenoxy) is 1. The molecule has 2 saturated heterocycles. The number of piperazine rings is 1. The number of hydrogen-bond donors (Lipinski definition) is 1. The Morgan fingerprint density at radius 2 is 1.72 bits per heavy atom. The van der Waals surface area contributed by atoms with Crippen molar-refractivity contribution in [1.29, 1.82) is 0 Å². The van der Waals surface area contributed by atoms with Crippen LogP contribution in [0.3, 0.4) is 0 Å². The van der Waals surface area contributed by atoms with Crippen molar-refractivity contribution in [2.24, 2.45) is 0 Å². The highest BCUT2D eigenvalue weighted by Crippen LogP contribution is 2.31. The minimum Gasteiger partial charge on any atom is -0.450 e. The first-order valence-electron chi connectivity index (χ1n) is 13.6. The van der Waals surface area contributed by atoms with E-state index >= 15 is 0 Å². The zero-order chi connectivity index (χ0) is 27.5. The van der Waals surface area contributed by atoms with Crippen molar-refractivity contribution in [2.75, 3.05) is 45.9 Å². The number of hydrogen-bond acceptors (Lipinski definition) is 5.